The zero-order valence-corrected chi connectivity index (χ0v) is 29.5. The number of para-hydroxylation sites is 2. The molecule has 0 aliphatic heterocycles. The van der Waals surface area contributed by atoms with Crippen molar-refractivity contribution in [1.82, 2.24) is 19.9 Å². The average molecular weight is 691 g/mol. The second kappa shape index (κ2) is 13.5. The first kappa shape index (κ1) is 31.7. The van der Waals surface area contributed by atoms with Crippen molar-refractivity contribution in [3.63, 3.8) is 0 Å². The number of fused-ring (bicyclic) bond motifs is 3. The van der Waals surface area contributed by atoms with Crippen LogP contribution in [-0.2, 0) is 0 Å². The molecular weight excluding hydrogens is 657 g/mol. The minimum atomic E-state index is 0.691. The highest BCUT2D eigenvalue weighted by Crippen LogP contribution is 2.39. The molecule has 54 heavy (non-hydrogen) atoms. The average Bonchev–Trinajstić information content (AvgIpc) is 3.26. The first-order chi connectivity index (χ1) is 26.8. The Morgan fingerprint density at radius 3 is 1.65 bits per heavy atom. The maximum absolute atomic E-state index is 5.39. The molecule has 6 aromatic carbocycles. The Morgan fingerprint density at radius 2 is 1.02 bits per heavy atom. The normalized spacial score (nSPS) is 12.7. The molecule has 9 aromatic rings. The molecule has 0 fully saturated rings. The molecule has 4 heteroatoms. The zero-order chi connectivity index (χ0) is 35.8. The number of aromatic nitrogens is 4. The van der Waals surface area contributed by atoms with Crippen molar-refractivity contribution in [3.05, 3.63) is 188 Å². The number of hydrogen-bond donors (Lipinski definition) is 0. The standard InChI is InChI=1S/C50H34N4/c1-3-11-33(12-4-1)41-31-44(34-13-5-2-6-14-34)49-45(32-41)48(39-25-21-35(22-26-39)42-19-7-15-37-17-9-29-51-46(37)42)53-50(54-49)40-27-23-36(24-28-40)43-20-8-16-38-18-10-30-52-47(38)43/h1,3-5,7-32H,2,6H2. The van der Waals surface area contributed by atoms with Gasteiger partial charge < -0.3 is 0 Å². The molecule has 0 unspecified atom stereocenters. The number of pyridine rings is 2. The van der Waals surface area contributed by atoms with Gasteiger partial charge in [0.2, 0.25) is 0 Å². The molecule has 0 saturated carbocycles. The first-order valence-electron chi connectivity index (χ1n) is 18.4. The van der Waals surface area contributed by atoms with E-state index >= 15 is 0 Å². The van der Waals surface area contributed by atoms with Gasteiger partial charge in [0, 0.05) is 56.4 Å². The van der Waals surface area contributed by atoms with E-state index in [2.05, 4.69) is 158 Å². The molecule has 3 heterocycles. The van der Waals surface area contributed by atoms with Crippen LogP contribution in [0.25, 0.3) is 94.3 Å². The smallest absolute Gasteiger partial charge is 0.160 e. The highest BCUT2D eigenvalue weighted by molar-refractivity contribution is 6.04. The third-order valence-electron chi connectivity index (χ3n) is 10.4. The second-order valence-electron chi connectivity index (χ2n) is 13.7. The molecule has 3 aromatic heterocycles. The molecule has 254 valence electrons. The summed E-state index contributed by atoms with van der Waals surface area (Å²) in [7, 11) is 0. The van der Waals surface area contributed by atoms with Crippen molar-refractivity contribution in [2.75, 3.05) is 0 Å². The van der Waals surface area contributed by atoms with Crippen LogP contribution in [0.15, 0.2) is 182 Å². The van der Waals surface area contributed by atoms with Crippen LogP contribution in [0.2, 0.25) is 0 Å². The van der Waals surface area contributed by atoms with Gasteiger partial charge in [-0.15, -0.1) is 0 Å². The van der Waals surface area contributed by atoms with Crippen LogP contribution in [-0.4, -0.2) is 19.9 Å². The Kier molecular flexibility index (Phi) is 7.92. The number of rotatable bonds is 6. The molecule has 0 atom stereocenters. The van der Waals surface area contributed by atoms with E-state index in [9.17, 15) is 0 Å². The molecular formula is C50H34N4. The van der Waals surface area contributed by atoms with Gasteiger partial charge in [0.1, 0.15) is 0 Å². The van der Waals surface area contributed by atoms with Crippen LogP contribution in [0.1, 0.15) is 18.4 Å². The number of benzene rings is 6. The summed E-state index contributed by atoms with van der Waals surface area (Å²) in [5.74, 6) is 0.691. The Morgan fingerprint density at radius 1 is 0.407 bits per heavy atom. The molecule has 0 bridgehead atoms. The third-order valence-corrected chi connectivity index (χ3v) is 10.4. The highest BCUT2D eigenvalue weighted by Gasteiger charge is 2.19. The number of hydrogen-bond acceptors (Lipinski definition) is 4. The van der Waals surface area contributed by atoms with E-state index in [1.807, 2.05) is 24.5 Å². The molecule has 0 spiro atoms. The van der Waals surface area contributed by atoms with E-state index < -0.39 is 0 Å². The van der Waals surface area contributed by atoms with Gasteiger partial charge in [0.05, 0.1) is 22.2 Å². The lowest BCUT2D eigenvalue weighted by atomic mass is 9.91. The number of allylic oxidation sites excluding steroid dienone is 4. The molecule has 0 N–H and O–H groups in total. The Labute approximate surface area is 313 Å². The van der Waals surface area contributed by atoms with Gasteiger partial charge in [0.15, 0.2) is 5.82 Å². The van der Waals surface area contributed by atoms with Crippen molar-refractivity contribution >= 4 is 38.3 Å². The molecule has 1 aliphatic carbocycles. The Hall–Kier alpha value is -7.04. The zero-order valence-electron chi connectivity index (χ0n) is 29.5. The molecule has 1 aliphatic rings. The van der Waals surface area contributed by atoms with E-state index in [1.165, 1.54) is 5.57 Å². The summed E-state index contributed by atoms with van der Waals surface area (Å²) in [6.45, 7) is 0. The van der Waals surface area contributed by atoms with Crippen molar-refractivity contribution in [2.24, 2.45) is 0 Å². The summed E-state index contributed by atoms with van der Waals surface area (Å²) >= 11 is 0. The Balaban J connectivity index is 1.17. The van der Waals surface area contributed by atoms with E-state index in [-0.39, 0.29) is 0 Å². The van der Waals surface area contributed by atoms with Crippen molar-refractivity contribution in [3.8, 4) is 56.0 Å². The fraction of sp³-hybridized carbons (Fsp3) is 0.0400. The van der Waals surface area contributed by atoms with Gasteiger partial charge in [-0.3, -0.25) is 9.97 Å². The van der Waals surface area contributed by atoms with E-state index in [1.54, 1.807) is 0 Å². The maximum atomic E-state index is 5.39. The molecule has 0 saturated heterocycles. The van der Waals surface area contributed by atoms with Crippen LogP contribution in [0.4, 0.5) is 0 Å². The van der Waals surface area contributed by atoms with Gasteiger partial charge in [-0.2, -0.15) is 0 Å². The Bertz CT molecular complexity index is 2900. The van der Waals surface area contributed by atoms with Crippen molar-refractivity contribution < 1.29 is 0 Å². The summed E-state index contributed by atoms with van der Waals surface area (Å²) in [4.78, 5) is 20.2. The van der Waals surface area contributed by atoms with Gasteiger partial charge in [-0.25, -0.2) is 9.97 Å². The predicted octanol–water partition coefficient (Wildman–Crippen LogP) is 12.8. The van der Waals surface area contributed by atoms with E-state index in [0.29, 0.717) is 5.82 Å². The summed E-state index contributed by atoms with van der Waals surface area (Å²) in [6.07, 6.45) is 12.6. The van der Waals surface area contributed by atoms with Crippen LogP contribution in [0.3, 0.4) is 0 Å². The lowest BCUT2D eigenvalue weighted by molar-refractivity contribution is 1.04. The van der Waals surface area contributed by atoms with Crippen LogP contribution in [0.5, 0.6) is 0 Å². The monoisotopic (exact) mass is 690 g/mol. The van der Waals surface area contributed by atoms with Crippen molar-refractivity contribution in [1.29, 1.82) is 0 Å². The quantitative estimate of drug-likeness (QED) is 0.174. The summed E-state index contributed by atoms with van der Waals surface area (Å²) in [6, 6.07) is 53.4. The fourth-order valence-corrected chi connectivity index (χ4v) is 7.69. The lowest BCUT2D eigenvalue weighted by Crippen LogP contribution is -2.00. The summed E-state index contributed by atoms with van der Waals surface area (Å²) in [5, 5.41) is 3.27. The molecule has 0 radical (unpaired) electrons. The van der Waals surface area contributed by atoms with Crippen LogP contribution >= 0.6 is 0 Å². The predicted molar refractivity (Wildman–Crippen MR) is 224 cm³/mol. The van der Waals surface area contributed by atoms with Gasteiger partial charge in [-0.05, 0) is 64.9 Å². The topological polar surface area (TPSA) is 51.6 Å². The van der Waals surface area contributed by atoms with Crippen molar-refractivity contribution in [2.45, 2.75) is 12.8 Å². The molecule has 4 nitrogen and oxygen atoms in total. The summed E-state index contributed by atoms with van der Waals surface area (Å²) < 4.78 is 0. The fourth-order valence-electron chi connectivity index (χ4n) is 7.69. The third kappa shape index (κ3) is 5.75. The summed E-state index contributed by atoms with van der Waals surface area (Å²) in [5.41, 5.74) is 14.9. The minimum Gasteiger partial charge on any atom is -0.256 e. The van der Waals surface area contributed by atoms with Gasteiger partial charge in [-0.1, -0.05) is 146 Å². The molecule has 10 rings (SSSR count). The largest absolute Gasteiger partial charge is 0.256 e. The maximum Gasteiger partial charge on any atom is 0.160 e. The van der Waals surface area contributed by atoms with E-state index in [4.69, 9.17) is 19.9 Å². The SMILES string of the molecule is C1=CC(c2cc(-c3ccccc3)cc3c(-c4ccc(-c5cccc6cccnc56)cc4)nc(-c4ccc(-c5cccc6cccnc56)cc4)nc23)=CCC1. The van der Waals surface area contributed by atoms with Crippen LogP contribution < -0.4 is 0 Å². The number of nitrogens with zero attached hydrogens (tertiary/aromatic N) is 4. The van der Waals surface area contributed by atoms with Crippen LogP contribution in [0, 0.1) is 0 Å². The first-order valence-corrected chi connectivity index (χ1v) is 18.4. The highest BCUT2D eigenvalue weighted by atomic mass is 14.9. The van der Waals surface area contributed by atoms with Gasteiger partial charge >= 0.3 is 0 Å². The molecule has 0 amide bonds. The van der Waals surface area contributed by atoms with Gasteiger partial charge in [0.25, 0.3) is 0 Å². The minimum absolute atomic E-state index is 0.691. The lowest BCUT2D eigenvalue weighted by Gasteiger charge is -2.17. The second-order valence-corrected chi connectivity index (χ2v) is 13.7. The van der Waals surface area contributed by atoms with E-state index in [0.717, 1.165) is 101 Å².